The van der Waals surface area contributed by atoms with Crippen molar-refractivity contribution >= 4 is 52.1 Å². The number of methoxy groups -OCH3 is 4. The first-order valence-electron chi connectivity index (χ1n) is 27.0. The molecule has 10 atom stereocenters. The fourth-order valence-electron chi connectivity index (χ4n) is 9.24. The molecule has 3 saturated heterocycles. The van der Waals surface area contributed by atoms with Crippen LogP contribution in [0.25, 0.3) is 22.8 Å². The van der Waals surface area contributed by atoms with Gasteiger partial charge in [-0.05, 0) is 151 Å². The standard InChI is InChI=1S/C26H32N4O6.C23H36BNO8.C9H8BrN3/c1-6-34-22-21(32-4)17(3)35-25(23(22)33-5)36-26(31)28-19-11-9-18(10-12-19)24-27-15-30(29-24)20-13-7-16(2)8-14-20;1-9-29-18-17(27-7)14(2)30-20(19(18)28-8)31-21(26)25-16-12-10-15(11-13-16)24-32-22(3,4)23(5,6)33-24;1-7-2-4-8(5-3-7)13-6-11-9(10)12-13/h7-15,17,21-23,25H,6H2,1-5H3,(H,28,31);10-14,17-20H,9H2,1-8H3,(H,25,26);2-6H,1H3/t17-,21-,22+,23+,25-;14-,17-,18+,19+,20-;/m00./s1. The lowest BCUT2D eigenvalue weighted by atomic mass is 9.79. The zero-order valence-electron chi connectivity index (χ0n) is 48.9. The molecule has 442 valence electrons. The Kier molecular flexibility index (Phi) is 22.4. The average Bonchev–Trinajstić information content (AvgIpc) is 4.34. The predicted molar refractivity (Wildman–Crippen MR) is 310 cm³/mol. The lowest BCUT2D eigenvalue weighted by molar-refractivity contribution is -0.292. The highest BCUT2D eigenvalue weighted by atomic mass is 79.9. The Bertz CT molecular complexity index is 2940. The van der Waals surface area contributed by atoms with Gasteiger partial charge in [0.05, 0.1) is 34.8 Å². The number of amides is 2. The minimum atomic E-state index is -0.956. The zero-order chi connectivity index (χ0) is 59.3. The third-order valence-corrected chi connectivity index (χ3v) is 14.7. The van der Waals surface area contributed by atoms with Crippen LogP contribution in [0.4, 0.5) is 21.0 Å². The topological polar surface area (TPSA) is 230 Å². The second kappa shape index (κ2) is 28.9. The molecule has 0 bridgehead atoms. The first-order chi connectivity index (χ1) is 39.2. The molecule has 0 spiro atoms. The zero-order valence-corrected chi connectivity index (χ0v) is 50.5. The van der Waals surface area contributed by atoms with E-state index in [2.05, 4.69) is 53.7 Å². The molecule has 2 aromatic heterocycles. The molecule has 3 aliphatic heterocycles. The summed E-state index contributed by atoms with van der Waals surface area (Å²) in [7, 11) is 5.74. The van der Waals surface area contributed by atoms with Crippen molar-refractivity contribution in [1.82, 2.24) is 29.5 Å². The van der Waals surface area contributed by atoms with Gasteiger partial charge in [-0.15, -0.1) is 10.2 Å². The molecule has 82 heavy (non-hydrogen) atoms. The number of aryl methyl sites for hydroxylation is 2. The quantitative estimate of drug-likeness (QED) is 0.0861. The van der Waals surface area contributed by atoms with Crippen molar-refractivity contribution < 1.29 is 66.3 Å². The SMILES string of the molecule is CCO[C@@H]1[C@@H](OC)[C@H](C)O[C@@H](OC(=O)Nc2ccc(-c3ncn(-c4ccc(C)cc4)n3)cc2)[C@@H]1OC.CCO[C@@H]1[C@@H](OC)[C@H](C)O[C@@H](OC(=O)Nc2ccc(B3OC(C)(C)C(C)(C)O3)cc2)[C@@H]1OC.Cc1ccc(-n2cnc(Br)n2)cc1. The van der Waals surface area contributed by atoms with E-state index in [4.69, 9.17) is 56.7 Å². The molecule has 0 unspecified atom stereocenters. The summed E-state index contributed by atoms with van der Waals surface area (Å²) < 4.78 is 72.8. The second-order valence-electron chi connectivity index (χ2n) is 20.6. The molecule has 3 aliphatic rings. The number of benzene rings is 4. The van der Waals surface area contributed by atoms with Gasteiger partial charge in [0.15, 0.2) is 5.82 Å². The summed E-state index contributed by atoms with van der Waals surface area (Å²) in [6, 6.07) is 30.5. The number of carbonyl (C=O) groups excluding carboxylic acids is 2. The Balaban J connectivity index is 0.000000194. The van der Waals surface area contributed by atoms with Gasteiger partial charge >= 0.3 is 19.3 Å². The maximum atomic E-state index is 12.6. The molecule has 6 aromatic rings. The monoisotopic (exact) mass is 1200 g/mol. The maximum Gasteiger partial charge on any atom is 0.494 e. The smallest absolute Gasteiger partial charge is 0.416 e. The number of halogens is 1. The van der Waals surface area contributed by atoms with Crippen LogP contribution in [0.1, 0.15) is 66.5 Å². The normalized spacial score (nSPS) is 24.5. The van der Waals surface area contributed by atoms with Crippen LogP contribution >= 0.6 is 15.9 Å². The Morgan fingerprint density at radius 1 is 0.573 bits per heavy atom. The Morgan fingerprint density at radius 2 is 0.976 bits per heavy atom. The number of aromatic nitrogens is 6. The van der Waals surface area contributed by atoms with Gasteiger partial charge in [-0.2, -0.15) is 0 Å². The predicted octanol–water partition coefficient (Wildman–Crippen LogP) is 9.02. The highest BCUT2D eigenvalue weighted by molar-refractivity contribution is 9.10. The van der Waals surface area contributed by atoms with E-state index >= 15 is 0 Å². The summed E-state index contributed by atoms with van der Waals surface area (Å²) >= 11 is 3.20. The molecule has 5 heterocycles. The van der Waals surface area contributed by atoms with Crippen LogP contribution in [0.2, 0.25) is 0 Å². The second-order valence-corrected chi connectivity index (χ2v) is 21.3. The van der Waals surface area contributed by atoms with Crippen LogP contribution in [0.15, 0.2) is 114 Å². The number of hydrogen-bond donors (Lipinski definition) is 2. The van der Waals surface area contributed by atoms with Crippen LogP contribution in [0.3, 0.4) is 0 Å². The Labute approximate surface area is 488 Å². The third-order valence-electron chi connectivity index (χ3n) is 14.3. The fraction of sp³-hybridized carbons (Fsp3) is 0.483. The van der Waals surface area contributed by atoms with E-state index in [1.807, 2.05) is 135 Å². The van der Waals surface area contributed by atoms with E-state index in [1.54, 1.807) is 60.5 Å². The number of ether oxygens (including phenoxy) is 10. The first-order valence-corrected chi connectivity index (χ1v) is 27.8. The molecule has 2 N–H and O–H groups in total. The van der Waals surface area contributed by atoms with E-state index in [1.165, 1.54) is 25.3 Å². The molecule has 3 fully saturated rings. The Morgan fingerprint density at radius 3 is 1.37 bits per heavy atom. The molecular weight excluding hydrogens is 1120 g/mol. The molecule has 0 radical (unpaired) electrons. The summed E-state index contributed by atoms with van der Waals surface area (Å²) in [6.45, 7) is 20.5. The molecular formula is C58H76BBrN8O14. The van der Waals surface area contributed by atoms with E-state index in [0.29, 0.717) is 35.1 Å². The number of rotatable bonds is 16. The van der Waals surface area contributed by atoms with Gasteiger partial charge in [0.25, 0.3) is 0 Å². The van der Waals surface area contributed by atoms with Gasteiger partial charge in [-0.3, -0.25) is 10.6 Å². The van der Waals surface area contributed by atoms with Gasteiger partial charge in [-0.25, -0.2) is 28.9 Å². The van der Waals surface area contributed by atoms with E-state index in [9.17, 15) is 9.59 Å². The van der Waals surface area contributed by atoms with Crippen LogP contribution in [0, 0.1) is 13.8 Å². The van der Waals surface area contributed by atoms with Crippen molar-refractivity contribution in [2.45, 2.75) is 142 Å². The Hall–Kier alpha value is -6.16. The number of anilines is 2. The lowest BCUT2D eigenvalue weighted by Gasteiger charge is -2.43. The minimum absolute atomic E-state index is 0.347. The molecule has 0 aliphatic carbocycles. The number of nitrogens with zero attached hydrogens (tertiary/aromatic N) is 6. The van der Waals surface area contributed by atoms with Crippen LogP contribution < -0.4 is 16.1 Å². The van der Waals surface area contributed by atoms with Gasteiger partial charge in [0.2, 0.25) is 17.3 Å². The summed E-state index contributed by atoms with van der Waals surface area (Å²) in [4.78, 5) is 33.6. The van der Waals surface area contributed by atoms with Crippen molar-refractivity contribution in [1.29, 1.82) is 0 Å². The lowest BCUT2D eigenvalue weighted by Crippen LogP contribution is -2.60. The van der Waals surface area contributed by atoms with Crippen LogP contribution in [0.5, 0.6) is 0 Å². The van der Waals surface area contributed by atoms with Crippen molar-refractivity contribution in [3.8, 4) is 22.8 Å². The largest absolute Gasteiger partial charge is 0.494 e. The number of hydrogen-bond acceptors (Lipinski definition) is 18. The first kappa shape index (κ1) is 63.4. The number of nitrogens with one attached hydrogen (secondary N) is 2. The summed E-state index contributed by atoms with van der Waals surface area (Å²) in [5.41, 5.74) is 6.31. The molecule has 9 rings (SSSR count). The molecule has 0 saturated carbocycles. The highest BCUT2D eigenvalue weighted by Gasteiger charge is 2.52. The third kappa shape index (κ3) is 15.9. The maximum absolute atomic E-state index is 12.6. The van der Waals surface area contributed by atoms with Crippen molar-refractivity contribution in [3.05, 3.63) is 126 Å². The summed E-state index contributed by atoms with van der Waals surface area (Å²) in [5, 5.41) is 14.1. The molecule has 4 aromatic carbocycles. The molecule has 22 nitrogen and oxygen atoms in total. The van der Waals surface area contributed by atoms with Crippen molar-refractivity contribution in [3.63, 3.8) is 0 Å². The fourth-order valence-corrected chi connectivity index (χ4v) is 9.50. The van der Waals surface area contributed by atoms with E-state index < -0.39 is 67.5 Å². The molecule has 2 amide bonds. The van der Waals surface area contributed by atoms with Crippen molar-refractivity contribution in [2.75, 3.05) is 52.3 Å². The van der Waals surface area contributed by atoms with E-state index in [0.717, 1.165) is 22.4 Å². The van der Waals surface area contributed by atoms with Crippen molar-refractivity contribution in [2.24, 2.45) is 0 Å². The highest BCUT2D eigenvalue weighted by Crippen LogP contribution is 2.37. The molecule has 24 heteroatoms. The summed E-state index contributed by atoms with van der Waals surface area (Å²) in [6.07, 6.45) is -3.47. The van der Waals surface area contributed by atoms with E-state index in [-0.39, 0.29) is 24.4 Å². The van der Waals surface area contributed by atoms with Gasteiger partial charge < -0.3 is 56.7 Å². The number of carbonyl (C=O) groups is 2. The van der Waals surface area contributed by atoms with Gasteiger partial charge in [-0.1, -0.05) is 47.5 Å². The van der Waals surface area contributed by atoms with Gasteiger partial charge in [0, 0.05) is 58.6 Å². The minimum Gasteiger partial charge on any atom is -0.416 e. The van der Waals surface area contributed by atoms with Crippen LogP contribution in [-0.4, -0.2) is 163 Å². The van der Waals surface area contributed by atoms with Gasteiger partial charge in [0.1, 0.15) is 49.3 Å². The van der Waals surface area contributed by atoms with Crippen LogP contribution in [-0.2, 0) is 56.7 Å². The average molecular weight is 1200 g/mol. The summed E-state index contributed by atoms with van der Waals surface area (Å²) in [5.74, 6) is 0.576.